The smallest absolute Gasteiger partial charge is 0.188 e. The number of hydrogen-bond donors (Lipinski definition) is 3. The number of aryl methyl sites for hydroxylation is 2. The van der Waals surface area contributed by atoms with Gasteiger partial charge in [0, 0.05) is 24.8 Å². The summed E-state index contributed by atoms with van der Waals surface area (Å²) in [6.07, 6.45) is 1.63. The van der Waals surface area contributed by atoms with E-state index in [1.165, 1.54) is 0 Å². The van der Waals surface area contributed by atoms with Gasteiger partial charge < -0.3 is 20.8 Å². The van der Waals surface area contributed by atoms with Gasteiger partial charge in [0.2, 0.25) is 0 Å². The maximum atomic E-state index is 8.63. The summed E-state index contributed by atoms with van der Waals surface area (Å²) in [5.41, 5.74) is 8.90. The molecule has 106 valence electrons. The number of hydrogen-bond acceptors (Lipinski definition) is 6. The van der Waals surface area contributed by atoms with E-state index < -0.39 is 0 Å². The van der Waals surface area contributed by atoms with Crippen molar-refractivity contribution < 1.29 is 9.73 Å². The van der Waals surface area contributed by atoms with E-state index in [-0.39, 0.29) is 5.84 Å². The molecule has 0 aliphatic rings. The van der Waals surface area contributed by atoms with Crippen LogP contribution in [-0.4, -0.2) is 21.2 Å². The average molecular weight is 275 g/mol. The minimum atomic E-state index is -0.00225. The van der Waals surface area contributed by atoms with Gasteiger partial charge in [0.05, 0.1) is 5.69 Å². The third-order valence-electron chi connectivity index (χ3n) is 3.01. The van der Waals surface area contributed by atoms with E-state index in [4.69, 9.17) is 15.5 Å². The van der Waals surface area contributed by atoms with Crippen LogP contribution in [0.3, 0.4) is 0 Å². The molecule has 0 bridgehead atoms. The highest BCUT2D eigenvalue weighted by atomic mass is 16.5. The molecule has 0 spiro atoms. The van der Waals surface area contributed by atoms with E-state index in [2.05, 4.69) is 20.6 Å². The van der Waals surface area contributed by atoms with Gasteiger partial charge in [-0.05, 0) is 31.5 Å². The van der Waals surface area contributed by atoms with Gasteiger partial charge in [0.15, 0.2) is 5.84 Å². The summed E-state index contributed by atoms with van der Waals surface area (Å²) in [5.74, 6) is 0.819. The van der Waals surface area contributed by atoms with Crippen LogP contribution in [0.1, 0.15) is 28.3 Å². The number of nitrogens with zero attached hydrogens (tertiary/aromatic N) is 3. The first-order chi connectivity index (χ1) is 9.61. The van der Waals surface area contributed by atoms with Crippen LogP contribution in [0, 0.1) is 13.8 Å². The van der Waals surface area contributed by atoms with Crippen LogP contribution in [0.4, 0.5) is 0 Å². The molecular formula is C13H17N5O2. The van der Waals surface area contributed by atoms with Crippen molar-refractivity contribution in [2.45, 2.75) is 26.9 Å². The molecule has 0 radical (unpaired) electrons. The Balaban J connectivity index is 1.98. The van der Waals surface area contributed by atoms with Gasteiger partial charge in [-0.25, -0.2) is 0 Å². The van der Waals surface area contributed by atoms with Crippen LogP contribution >= 0.6 is 0 Å². The minimum absolute atomic E-state index is 0.00225. The summed E-state index contributed by atoms with van der Waals surface area (Å²) in [4.78, 5) is 4.03. The molecule has 20 heavy (non-hydrogen) atoms. The molecule has 0 saturated carbocycles. The van der Waals surface area contributed by atoms with Crippen LogP contribution in [0.25, 0.3) is 0 Å². The Morgan fingerprint density at radius 2 is 2.25 bits per heavy atom. The van der Waals surface area contributed by atoms with Gasteiger partial charge in [0.25, 0.3) is 0 Å². The molecule has 4 N–H and O–H groups in total. The van der Waals surface area contributed by atoms with Crippen molar-refractivity contribution in [2.24, 2.45) is 10.9 Å². The predicted octanol–water partition coefficient (Wildman–Crippen LogP) is 1.07. The first kappa shape index (κ1) is 14.0. The lowest BCUT2D eigenvalue weighted by Gasteiger charge is -2.06. The van der Waals surface area contributed by atoms with Crippen LogP contribution in [0.5, 0.6) is 0 Å². The Labute approximate surface area is 116 Å². The normalized spacial score (nSPS) is 11.8. The number of nitrogens with one attached hydrogen (secondary N) is 1. The number of rotatable bonds is 5. The van der Waals surface area contributed by atoms with E-state index in [1.807, 2.05) is 19.9 Å². The highest BCUT2D eigenvalue weighted by Gasteiger charge is 2.08. The standard InChI is InChI=1S/C13H17N5O2/c1-8-11(9(2)20-18-8)7-15-6-10-3-4-16-12(5-10)13(14)17-19/h3-5,15,19H,6-7H2,1-2H3,(H2,14,17). The lowest BCUT2D eigenvalue weighted by atomic mass is 10.2. The molecule has 0 aliphatic heterocycles. The number of oxime groups is 1. The number of aromatic nitrogens is 2. The number of nitrogens with two attached hydrogens (primary N) is 1. The molecule has 2 aromatic rings. The van der Waals surface area contributed by atoms with Gasteiger partial charge in [0.1, 0.15) is 11.5 Å². The summed E-state index contributed by atoms with van der Waals surface area (Å²) in [5, 5.41) is 18.8. The van der Waals surface area contributed by atoms with Crippen molar-refractivity contribution in [3.05, 3.63) is 46.6 Å². The van der Waals surface area contributed by atoms with E-state index in [0.717, 1.165) is 22.6 Å². The first-order valence-corrected chi connectivity index (χ1v) is 6.17. The van der Waals surface area contributed by atoms with Gasteiger partial charge in [-0.1, -0.05) is 10.3 Å². The molecule has 7 heteroatoms. The molecule has 0 atom stereocenters. The Morgan fingerprint density at radius 3 is 2.90 bits per heavy atom. The van der Waals surface area contributed by atoms with Crippen molar-refractivity contribution in [1.82, 2.24) is 15.5 Å². The van der Waals surface area contributed by atoms with E-state index >= 15 is 0 Å². The van der Waals surface area contributed by atoms with Crippen LogP contribution in [0.15, 0.2) is 28.0 Å². The predicted molar refractivity (Wildman–Crippen MR) is 73.3 cm³/mol. The molecule has 2 aromatic heterocycles. The Hall–Kier alpha value is -2.41. The molecule has 0 amide bonds. The van der Waals surface area contributed by atoms with Gasteiger partial charge in [-0.3, -0.25) is 4.98 Å². The summed E-state index contributed by atoms with van der Waals surface area (Å²) < 4.78 is 5.10. The van der Waals surface area contributed by atoms with Crippen molar-refractivity contribution in [3.63, 3.8) is 0 Å². The summed E-state index contributed by atoms with van der Waals surface area (Å²) in [7, 11) is 0. The molecule has 0 aromatic carbocycles. The molecule has 2 rings (SSSR count). The number of amidine groups is 1. The van der Waals surface area contributed by atoms with Crippen molar-refractivity contribution in [1.29, 1.82) is 0 Å². The lowest BCUT2D eigenvalue weighted by Crippen LogP contribution is -2.17. The second-order valence-electron chi connectivity index (χ2n) is 4.44. The third-order valence-corrected chi connectivity index (χ3v) is 3.01. The Kier molecular flexibility index (Phi) is 4.31. The molecule has 7 nitrogen and oxygen atoms in total. The lowest BCUT2D eigenvalue weighted by molar-refractivity contribution is 0.318. The highest BCUT2D eigenvalue weighted by molar-refractivity contribution is 5.95. The Morgan fingerprint density at radius 1 is 1.45 bits per heavy atom. The fraction of sp³-hybridized carbons (Fsp3) is 0.308. The summed E-state index contributed by atoms with van der Waals surface area (Å²) >= 11 is 0. The molecule has 0 saturated heterocycles. The second-order valence-corrected chi connectivity index (χ2v) is 4.44. The molecule has 2 heterocycles. The monoisotopic (exact) mass is 275 g/mol. The largest absolute Gasteiger partial charge is 0.409 e. The number of pyridine rings is 1. The Bertz CT molecular complexity index is 601. The van der Waals surface area contributed by atoms with Gasteiger partial charge >= 0.3 is 0 Å². The van der Waals surface area contributed by atoms with E-state index in [1.54, 1.807) is 12.3 Å². The SMILES string of the molecule is Cc1noc(C)c1CNCc1ccnc(C(N)=NO)c1. The summed E-state index contributed by atoms with van der Waals surface area (Å²) in [6.45, 7) is 5.11. The topological polar surface area (TPSA) is 110 Å². The molecule has 0 unspecified atom stereocenters. The maximum absolute atomic E-state index is 8.63. The first-order valence-electron chi connectivity index (χ1n) is 6.17. The molecular weight excluding hydrogens is 258 g/mol. The van der Waals surface area contributed by atoms with Crippen molar-refractivity contribution in [3.8, 4) is 0 Å². The zero-order chi connectivity index (χ0) is 14.5. The minimum Gasteiger partial charge on any atom is -0.409 e. The molecule has 0 aliphatic carbocycles. The second kappa shape index (κ2) is 6.16. The van der Waals surface area contributed by atoms with Crippen LogP contribution in [0.2, 0.25) is 0 Å². The zero-order valence-electron chi connectivity index (χ0n) is 11.4. The van der Waals surface area contributed by atoms with Gasteiger partial charge in [-0.2, -0.15) is 0 Å². The van der Waals surface area contributed by atoms with Crippen LogP contribution < -0.4 is 11.1 Å². The highest BCUT2D eigenvalue weighted by Crippen LogP contribution is 2.11. The zero-order valence-corrected chi connectivity index (χ0v) is 11.4. The van der Waals surface area contributed by atoms with Crippen LogP contribution in [-0.2, 0) is 13.1 Å². The fourth-order valence-electron chi connectivity index (χ4n) is 1.86. The average Bonchev–Trinajstić information content (AvgIpc) is 2.78. The quantitative estimate of drug-likeness (QED) is 0.326. The maximum Gasteiger partial charge on any atom is 0.188 e. The van der Waals surface area contributed by atoms with E-state index in [9.17, 15) is 0 Å². The third kappa shape index (κ3) is 3.12. The summed E-state index contributed by atoms with van der Waals surface area (Å²) in [6, 6.07) is 3.64. The fourth-order valence-corrected chi connectivity index (χ4v) is 1.86. The molecule has 0 fully saturated rings. The van der Waals surface area contributed by atoms with Crippen molar-refractivity contribution in [2.75, 3.05) is 0 Å². The van der Waals surface area contributed by atoms with Crippen molar-refractivity contribution >= 4 is 5.84 Å². The van der Waals surface area contributed by atoms with Gasteiger partial charge in [-0.15, -0.1) is 0 Å². The van der Waals surface area contributed by atoms with E-state index in [0.29, 0.717) is 18.8 Å².